The van der Waals surface area contributed by atoms with Crippen LogP contribution >= 0.6 is 11.8 Å². The molecule has 1 aliphatic carbocycles. The van der Waals surface area contributed by atoms with Crippen LogP contribution in [0.25, 0.3) is 0 Å². The first-order chi connectivity index (χ1) is 7.16. The average Bonchev–Trinajstić information content (AvgIpc) is 2.94. The van der Waals surface area contributed by atoms with E-state index in [4.69, 9.17) is 0 Å². The Hall–Kier alpha value is 0.310. The SMILES string of the molecule is CC1(C)CSCC(NCCCC2CC2)C1. The standard InChI is InChI=1S/C13H25NS/c1-13(2)8-12(9-15-10-13)14-7-3-4-11-5-6-11/h11-12,14H,3-10H2,1-2H3. The van der Waals surface area contributed by atoms with Crippen molar-refractivity contribution < 1.29 is 0 Å². The highest BCUT2D eigenvalue weighted by atomic mass is 32.2. The number of hydrogen-bond acceptors (Lipinski definition) is 2. The van der Waals surface area contributed by atoms with Crippen LogP contribution in [0.2, 0.25) is 0 Å². The minimum Gasteiger partial charge on any atom is -0.313 e. The van der Waals surface area contributed by atoms with E-state index in [1.807, 2.05) is 0 Å². The molecule has 0 radical (unpaired) electrons. The normalized spacial score (nSPS) is 30.4. The van der Waals surface area contributed by atoms with Gasteiger partial charge in [0.15, 0.2) is 0 Å². The lowest BCUT2D eigenvalue weighted by atomic mass is 9.88. The summed E-state index contributed by atoms with van der Waals surface area (Å²) in [5, 5.41) is 3.74. The molecule has 1 atom stereocenters. The van der Waals surface area contributed by atoms with Crippen LogP contribution in [0.4, 0.5) is 0 Å². The first-order valence-corrected chi connectivity index (χ1v) is 7.62. The fourth-order valence-electron chi connectivity index (χ4n) is 2.50. The molecule has 1 saturated carbocycles. The van der Waals surface area contributed by atoms with E-state index in [1.165, 1.54) is 50.2 Å². The van der Waals surface area contributed by atoms with E-state index >= 15 is 0 Å². The summed E-state index contributed by atoms with van der Waals surface area (Å²) in [6.07, 6.45) is 7.24. The van der Waals surface area contributed by atoms with Crippen molar-refractivity contribution in [3.63, 3.8) is 0 Å². The van der Waals surface area contributed by atoms with Crippen LogP contribution < -0.4 is 5.32 Å². The summed E-state index contributed by atoms with van der Waals surface area (Å²) in [6, 6.07) is 0.776. The second-order valence-electron chi connectivity index (χ2n) is 6.12. The molecular weight excluding hydrogens is 202 g/mol. The van der Waals surface area contributed by atoms with Crippen LogP contribution in [0.1, 0.15) is 46.0 Å². The Morgan fingerprint density at radius 2 is 2.13 bits per heavy atom. The zero-order valence-electron chi connectivity index (χ0n) is 10.2. The fraction of sp³-hybridized carbons (Fsp3) is 1.00. The Morgan fingerprint density at radius 1 is 1.33 bits per heavy atom. The van der Waals surface area contributed by atoms with Gasteiger partial charge in [0, 0.05) is 11.8 Å². The Bertz CT molecular complexity index is 199. The Kier molecular flexibility index (Phi) is 4.00. The molecule has 0 amide bonds. The molecule has 1 heterocycles. The van der Waals surface area contributed by atoms with Crippen molar-refractivity contribution in [2.75, 3.05) is 18.1 Å². The molecule has 2 heteroatoms. The third-order valence-electron chi connectivity index (χ3n) is 3.53. The molecule has 0 bridgehead atoms. The van der Waals surface area contributed by atoms with Gasteiger partial charge in [-0.25, -0.2) is 0 Å². The van der Waals surface area contributed by atoms with Crippen LogP contribution in [-0.2, 0) is 0 Å². The van der Waals surface area contributed by atoms with Gasteiger partial charge in [0.25, 0.3) is 0 Å². The van der Waals surface area contributed by atoms with Gasteiger partial charge in [0.2, 0.25) is 0 Å². The first kappa shape index (κ1) is 11.8. The molecular formula is C13H25NS. The van der Waals surface area contributed by atoms with Gasteiger partial charge < -0.3 is 5.32 Å². The summed E-state index contributed by atoms with van der Waals surface area (Å²) in [5.74, 6) is 3.77. The van der Waals surface area contributed by atoms with Gasteiger partial charge in [-0.3, -0.25) is 0 Å². The first-order valence-electron chi connectivity index (χ1n) is 6.47. The lowest BCUT2D eigenvalue weighted by Gasteiger charge is -2.35. The minimum atomic E-state index is 0.553. The van der Waals surface area contributed by atoms with Gasteiger partial charge in [-0.15, -0.1) is 0 Å². The zero-order valence-corrected chi connectivity index (χ0v) is 11.0. The van der Waals surface area contributed by atoms with Crippen molar-refractivity contribution in [2.45, 2.75) is 52.0 Å². The predicted molar refractivity (Wildman–Crippen MR) is 69.5 cm³/mol. The molecule has 2 rings (SSSR count). The van der Waals surface area contributed by atoms with Crippen LogP contribution in [0.3, 0.4) is 0 Å². The molecule has 88 valence electrons. The summed E-state index contributed by atoms with van der Waals surface area (Å²) in [4.78, 5) is 0. The Labute approximate surface area is 98.8 Å². The minimum absolute atomic E-state index is 0.553. The molecule has 1 aliphatic heterocycles. The van der Waals surface area contributed by atoms with E-state index in [0.717, 1.165) is 12.0 Å². The van der Waals surface area contributed by atoms with Gasteiger partial charge in [0.1, 0.15) is 0 Å². The molecule has 2 fully saturated rings. The van der Waals surface area contributed by atoms with Gasteiger partial charge in [0.05, 0.1) is 0 Å². The highest BCUT2D eigenvalue weighted by molar-refractivity contribution is 7.99. The van der Waals surface area contributed by atoms with E-state index in [9.17, 15) is 0 Å². The van der Waals surface area contributed by atoms with Gasteiger partial charge in [-0.2, -0.15) is 11.8 Å². The highest BCUT2D eigenvalue weighted by Crippen LogP contribution is 2.34. The van der Waals surface area contributed by atoms with Crippen molar-refractivity contribution in [3.05, 3.63) is 0 Å². The number of rotatable bonds is 5. The van der Waals surface area contributed by atoms with Crippen LogP contribution in [0, 0.1) is 11.3 Å². The molecule has 1 N–H and O–H groups in total. The summed E-state index contributed by atoms with van der Waals surface area (Å²) in [6.45, 7) is 6.05. The lowest BCUT2D eigenvalue weighted by Crippen LogP contribution is -2.40. The zero-order chi connectivity index (χ0) is 10.7. The van der Waals surface area contributed by atoms with Crippen LogP contribution in [0.15, 0.2) is 0 Å². The van der Waals surface area contributed by atoms with E-state index < -0.39 is 0 Å². The van der Waals surface area contributed by atoms with Crippen molar-refractivity contribution in [2.24, 2.45) is 11.3 Å². The maximum absolute atomic E-state index is 3.74. The van der Waals surface area contributed by atoms with Crippen molar-refractivity contribution >= 4 is 11.8 Å². The maximum atomic E-state index is 3.74. The second-order valence-corrected chi connectivity index (χ2v) is 7.15. The summed E-state index contributed by atoms with van der Waals surface area (Å²) < 4.78 is 0. The van der Waals surface area contributed by atoms with Gasteiger partial charge in [-0.05, 0) is 42.9 Å². The molecule has 0 aromatic heterocycles. The fourth-order valence-corrected chi connectivity index (χ4v) is 3.81. The Balaban J connectivity index is 1.57. The van der Waals surface area contributed by atoms with Gasteiger partial charge >= 0.3 is 0 Å². The number of nitrogens with one attached hydrogen (secondary N) is 1. The molecule has 15 heavy (non-hydrogen) atoms. The predicted octanol–water partition coefficient (Wildman–Crippen LogP) is 3.30. The number of thioether (sulfide) groups is 1. The van der Waals surface area contributed by atoms with Crippen LogP contribution in [-0.4, -0.2) is 24.1 Å². The third-order valence-corrected chi connectivity index (χ3v) is 5.15. The Morgan fingerprint density at radius 3 is 2.80 bits per heavy atom. The van der Waals surface area contributed by atoms with E-state index in [1.54, 1.807) is 0 Å². The lowest BCUT2D eigenvalue weighted by molar-refractivity contribution is 0.317. The monoisotopic (exact) mass is 227 g/mol. The molecule has 1 saturated heterocycles. The average molecular weight is 227 g/mol. The smallest absolute Gasteiger partial charge is 0.0163 e. The van der Waals surface area contributed by atoms with Crippen molar-refractivity contribution in [3.8, 4) is 0 Å². The molecule has 0 spiro atoms. The molecule has 0 aromatic carbocycles. The molecule has 2 aliphatic rings. The molecule has 1 nitrogen and oxygen atoms in total. The molecule has 1 unspecified atom stereocenters. The highest BCUT2D eigenvalue weighted by Gasteiger charge is 2.28. The van der Waals surface area contributed by atoms with Crippen molar-refractivity contribution in [1.82, 2.24) is 5.32 Å². The summed E-state index contributed by atoms with van der Waals surface area (Å²) in [7, 11) is 0. The second kappa shape index (κ2) is 5.09. The topological polar surface area (TPSA) is 12.0 Å². The summed E-state index contributed by atoms with van der Waals surface area (Å²) >= 11 is 2.12. The quantitative estimate of drug-likeness (QED) is 0.723. The van der Waals surface area contributed by atoms with E-state index in [2.05, 4.69) is 30.9 Å². The maximum Gasteiger partial charge on any atom is 0.0163 e. The van der Waals surface area contributed by atoms with Crippen molar-refractivity contribution in [1.29, 1.82) is 0 Å². The van der Waals surface area contributed by atoms with E-state index in [-0.39, 0.29) is 0 Å². The van der Waals surface area contributed by atoms with E-state index in [0.29, 0.717) is 5.41 Å². The van der Waals surface area contributed by atoms with Gasteiger partial charge in [-0.1, -0.05) is 26.7 Å². The molecule has 0 aromatic rings. The van der Waals surface area contributed by atoms with Crippen LogP contribution in [0.5, 0.6) is 0 Å². The largest absolute Gasteiger partial charge is 0.313 e. The third kappa shape index (κ3) is 4.36. The number of hydrogen-bond donors (Lipinski definition) is 1. The summed E-state index contributed by atoms with van der Waals surface area (Å²) in [5.41, 5.74) is 0.553.